The van der Waals surface area contributed by atoms with Crippen LogP contribution in [0, 0.1) is 5.92 Å². The summed E-state index contributed by atoms with van der Waals surface area (Å²) in [6.07, 6.45) is 2.87. The predicted octanol–water partition coefficient (Wildman–Crippen LogP) is 4.20. The lowest BCUT2D eigenvalue weighted by Gasteiger charge is -2.22. The van der Waals surface area contributed by atoms with E-state index in [1.54, 1.807) is 24.3 Å². The van der Waals surface area contributed by atoms with E-state index in [4.69, 9.17) is 16.3 Å². The number of amides is 1. The third-order valence-electron chi connectivity index (χ3n) is 5.17. The van der Waals surface area contributed by atoms with Crippen molar-refractivity contribution in [2.24, 2.45) is 5.92 Å². The summed E-state index contributed by atoms with van der Waals surface area (Å²) < 4.78 is 5.88. The first-order valence-corrected chi connectivity index (χ1v) is 9.53. The molecule has 0 aliphatic carbocycles. The van der Waals surface area contributed by atoms with E-state index < -0.39 is 0 Å². The monoisotopic (exact) mass is 370 g/mol. The average Bonchev–Trinajstić information content (AvgIpc) is 2.96. The fourth-order valence-electron chi connectivity index (χ4n) is 3.76. The number of anilines is 1. The molecule has 3 aliphatic heterocycles. The van der Waals surface area contributed by atoms with Crippen LogP contribution in [0.5, 0.6) is 0 Å². The molecular formula is C21H23ClN2O2. The number of nitrogens with one attached hydrogen (secondary N) is 1. The second kappa shape index (κ2) is 7.78. The quantitative estimate of drug-likeness (QED) is 0.876. The first-order chi connectivity index (χ1) is 12.7. The lowest BCUT2D eigenvalue weighted by atomic mass is 10.0. The zero-order valence-electron chi connectivity index (χ0n) is 14.7. The number of rotatable bonds is 4. The van der Waals surface area contributed by atoms with E-state index in [1.807, 2.05) is 12.1 Å². The molecule has 3 heterocycles. The molecule has 1 unspecified atom stereocenters. The minimum Gasteiger partial charge on any atom is -0.377 e. The SMILES string of the molecule is O=C(Nc1ccc(CN2CC3CC[C@@H](CO3)C2)cc1)c1ccc(Cl)cc1. The minimum atomic E-state index is -0.129. The lowest BCUT2D eigenvalue weighted by Crippen LogP contribution is -2.30. The van der Waals surface area contributed by atoms with Crippen LogP contribution in [0.1, 0.15) is 28.8 Å². The molecule has 2 bridgehead atoms. The van der Waals surface area contributed by atoms with Gasteiger partial charge in [-0.15, -0.1) is 0 Å². The van der Waals surface area contributed by atoms with Crippen LogP contribution in [0.15, 0.2) is 48.5 Å². The second-order valence-electron chi connectivity index (χ2n) is 7.25. The van der Waals surface area contributed by atoms with Crippen LogP contribution < -0.4 is 5.32 Å². The molecule has 3 aliphatic rings. The zero-order valence-corrected chi connectivity index (χ0v) is 15.4. The molecule has 4 nitrogen and oxygen atoms in total. The zero-order chi connectivity index (χ0) is 17.9. The van der Waals surface area contributed by atoms with Gasteiger partial charge in [0, 0.05) is 35.9 Å². The van der Waals surface area contributed by atoms with E-state index in [0.717, 1.165) is 31.9 Å². The smallest absolute Gasteiger partial charge is 0.255 e. The van der Waals surface area contributed by atoms with Crippen molar-refractivity contribution in [1.82, 2.24) is 4.90 Å². The summed E-state index contributed by atoms with van der Waals surface area (Å²) >= 11 is 5.86. The van der Waals surface area contributed by atoms with Crippen molar-refractivity contribution in [2.45, 2.75) is 25.5 Å². The maximum atomic E-state index is 12.3. The second-order valence-corrected chi connectivity index (χ2v) is 7.69. The minimum absolute atomic E-state index is 0.129. The van der Waals surface area contributed by atoms with Crippen LogP contribution in [-0.4, -0.2) is 36.6 Å². The topological polar surface area (TPSA) is 41.6 Å². The summed E-state index contributed by atoms with van der Waals surface area (Å²) in [5.74, 6) is 0.544. The van der Waals surface area contributed by atoms with Gasteiger partial charge in [-0.25, -0.2) is 0 Å². The normalized spacial score (nSPS) is 22.8. The Morgan fingerprint density at radius 1 is 1.08 bits per heavy atom. The van der Waals surface area contributed by atoms with Gasteiger partial charge in [-0.3, -0.25) is 9.69 Å². The number of carbonyl (C=O) groups is 1. The highest BCUT2D eigenvalue weighted by molar-refractivity contribution is 6.30. The van der Waals surface area contributed by atoms with Gasteiger partial charge in [0.2, 0.25) is 0 Å². The van der Waals surface area contributed by atoms with Crippen LogP contribution in [0.3, 0.4) is 0 Å². The number of carbonyl (C=O) groups excluding carboxylic acids is 1. The van der Waals surface area contributed by atoms with Gasteiger partial charge in [-0.1, -0.05) is 23.7 Å². The molecule has 136 valence electrons. The van der Waals surface area contributed by atoms with Crippen molar-refractivity contribution >= 4 is 23.2 Å². The Labute approximate surface area is 159 Å². The van der Waals surface area contributed by atoms with Crippen molar-refractivity contribution < 1.29 is 9.53 Å². The van der Waals surface area contributed by atoms with Crippen LogP contribution in [-0.2, 0) is 11.3 Å². The number of nitrogens with zero attached hydrogens (tertiary/aromatic N) is 1. The molecule has 3 saturated heterocycles. The molecule has 1 N–H and O–H groups in total. The Kier molecular flexibility index (Phi) is 5.25. The van der Waals surface area contributed by atoms with Crippen molar-refractivity contribution in [3.8, 4) is 0 Å². The summed E-state index contributed by atoms with van der Waals surface area (Å²) in [6.45, 7) is 3.98. The molecule has 5 rings (SSSR count). The Balaban J connectivity index is 1.36. The highest BCUT2D eigenvalue weighted by atomic mass is 35.5. The Morgan fingerprint density at radius 3 is 2.54 bits per heavy atom. The molecule has 1 amide bonds. The van der Waals surface area contributed by atoms with Crippen molar-refractivity contribution in [1.29, 1.82) is 0 Å². The first-order valence-electron chi connectivity index (χ1n) is 9.15. The molecule has 3 fully saturated rings. The van der Waals surface area contributed by atoms with Gasteiger partial charge in [-0.2, -0.15) is 0 Å². The summed E-state index contributed by atoms with van der Waals surface area (Å²) in [5, 5.41) is 3.55. The number of hydrogen-bond acceptors (Lipinski definition) is 3. The van der Waals surface area contributed by atoms with Gasteiger partial charge in [0.25, 0.3) is 5.91 Å². The van der Waals surface area contributed by atoms with E-state index >= 15 is 0 Å². The number of hydrogen-bond donors (Lipinski definition) is 1. The lowest BCUT2D eigenvalue weighted by molar-refractivity contribution is 0.00439. The van der Waals surface area contributed by atoms with E-state index in [1.165, 1.54) is 18.4 Å². The van der Waals surface area contributed by atoms with Gasteiger partial charge < -0.3 is 10.1 Å². The Morgan fingerprint density at radius 2 is 1.85 bits per heavy atom. The molecule has 5 heteroatoms. The maximum Gasteiger partial charge on any atom is 0.255 e. The van der Waals surface area contributed by atoms with E-state index in [2.05, 4.69) is 22.3 Å². The molecule has 2 aromatic carbocycles. The predicted molar refractivity (Wildman–Crippen MR) is 104 cm³/mol. The largest absolute Gasteiger partial charge is 0.377 e. The number of halogens is 1. The van der Waals surface area contributed by atoms with Crippen molar-refractivity contribution in [2.75, 3.05) is 25.0 Å². The van der Waals surface area contributed by atoms with Crippen molar-refractivity contribution in [3.05, 3.63) is 64.7 Å². The molecule has 0 radical (unpaired) electrons. The number of benzene rings is 2. The fourth-order valence-corrected chi connectivity index (χ4v) is 3.89. The Bertz CT molecular complexity index is 739. The summed E-state index contributed by atoms with van der Waals surface area (Å²) in [5.41, 5.74) is 2.65. The van der Waals surface area contributed by atoms with E-state index in [0.29, 0.717) is 22.6 Å². The highest BCUT2D eigenvalue weighted by Gasteiger charge is 2.29. The maximum absolute atomic E-state index is 12.3. The van der Waals surface area contributed by atoms with Crippen LogP contribution in [0.25, 0.3) is 0 Å². The summed E-state index contributed by atoms with van der Waals surface area (Å²) in [4.78, 5) is 14.8. The number of fused-ring (bicyclic) bond motifs is 4. The van der Waals surface area contributed by atoms with Gasteiger partial charge in [-0.05, 0) is 60.7 Å². The molecule has 0 saturated carbocycles. The van der Waals surface area contributed by atoms with Gasteiger partial charge in [0.15, 0.2) is 0 Å². The number of ether oxygens (including phenoxy) is 1. The van der Waals surface area contributed by atoms with E-state index in [-0.39, 0.29) is 5.91 Å². The Hall–Kier alpha value is -1.88. The molecular weight excluding hydrogens is 348 g/mol. The highest BCUT2D eigenvalue weighted by Crippen LogP contribution is 2.26. The molecule has 2 atom stereocenters. The van der Waals surface area contributed by atoms with Crippen LogP contribution >= 0.6 is 11.6 Å². The molecule has 0 spiro atoms. The summed E-state index contributed by atoms with van der Waals surface area (Å²) in [7, 11) is 0. The third kappa shape index (κ3) is 4.26. The fraction of sp³-hybridized carbons (Fsp3) is 0.381. The standard InChI is InChI=1S/C21H23ClN2O2/c22-18-6-4-17(5-7-18)21(25)23-19-8-1-15(2-9-19)11-24-12-16-3-10-20(13-24)26-14-16/h1-2,4-9,16,20H,3,10-14H2,(H,23,25)/t16-,20?/m1/s1. The average molecular weight is 371 g/mol. The third-order valence-corrected chi connectivity index (χ3v) is 5.42. The first kappa shape index (κ1) is 17.5. The molecule has 26 heavy (non-hydrogen) atoms. The molecule has 0 aromatic heterocycles. The van der Waals surface area contributed by atoms with Gasteiger partial charge in [0.05, 0.1) is 12.7 Å². The van der Waals surface area contributed by atoms with Crippen molar-refractivity contribution in [3.63, 3.8) is 0 Å². The molecule has 2 aromatic rings. The van der Waals surface area contributed by atoms with Crippen LogP contribution in [0.2, 0.25) is 5.02 Å². The van der Waals surface area contributed by atoms with Crippen LogP contribution in [0.4, 0.5) is 5.69 Å². The summed E-state index contributed by atoms with van der Waals surface area (Å²) in [6, 6.07) is 15.0. The van der Waals surface area contributed by atoms with E-state index in [9.17, 15) is 4.79 Å². The van der Waals surface area contributed by atoms with Gasteiger partial charge >= 0.3 is 0 Å². The van der Waals surface area contributed by atoms with Gasteiger partial charge in [0.1, 0.15) is 0 Å².